The van der Waals surface area contributed by atoms with Crippen molar-refractivity contribution in [2.24, 2.45) is 5.92 Å². The van der Waals surface area contributed by atoms with Crippen LogP contribution in [0.25, 0.3) is 0 Å². The van der Waals surface area contributed by atoms with E-state index < -0.39 is 10.0 Å². The molecule has 1 aromatic carbocycles. The van der Waals surface area contributed by atoms with E-state index in [1.165, 1.54) is 18.4 Å². The molecule has 0 aromatic heterocycles. The number of benzene rings is 1. The fourth-order valence-corrected chi connectivity index (χ4v) is 4.48. The van der Waals surface area contributed by atoms with E-state index >= 15 is 0 Å². The number of sulfonamides is 1. The first kappa shape index (κ1) is 20.1. The maximum atomic E-state index is 12.5. The summed E-state index contributed by atoms with van der Waals surface area (Å²) >= 11 is 0. The highest BCUT2D eigenvalue weighted by Crippen LogP contribution is 2.22. The molecule has 2 aliphatic rings. The Balaban J connectivity index is 1.56. The van der Waals surface area contributed by atoms with E-state index in [1.54, 1.807) is 0 Å². The molecule has 1 fully saturated rings. The monoisotopic (exact) mass is 397 g/mol. The normalized spacial score (nSPS) is 23.5. The quantitative estimate of drug-likeness (QED) is 0.722. The van der Waals surface area contributed by atoms with E-state index in [0.717, 1.165) is 11.3 Å². The van der Waals surface area contributed by atoms with Gasteiger partial charge < -0.3 is 14.8 Å². The van der Waals surface area contributed by atoms with E-state index in [2.05, 4.69) is 5.32 Å². The van der Waals surface area contributed by atoms with Crippen molar-refractivity contribution in [3.8, 4) is 5.75 Å². The molecular formula is C18H27N3O5S. The summed E-state index contributed by atoms with van der Waals surface area (Å²) in [4.78, 5) is 14.6. The molecule has 2 aliphatic heterocycles. The summed E-state index contributed by atoms with van der Waals surface area (Å²) < 4.78 is 36.6. The fourth-order valence-electron chi connectivity index (χ4n) is 3.31. The zero-order valence-corrected chi connectivity index (χ0v) is 16.6. The average molecular weight is 397 g/mol. The second-order valence-corrected chi connectivity index (χ2v) is 9.43. The zero-order valence-electron chi connectivity index (χ0n) is 15.8. The number of amides is 1. The molecule has 9 heteroatoms. The van der Waals surface area contributed by atoms with Crippen molar-refractivity contribution >= 4 is 15.9 Å². The molecule has 8 nitrogen and oxygen atoms in total. The van der Waals surface area contributed by atoms with Gasteiger partial charge in [-0.2, -0.15) is 0 Å². The molecule has 2 heterocycles. The van der Waals surface area contributed by atoms with Gasteiger partial charge in [0.05, 0.1) is 31.6 Å². The summed E-state index contributed by atoms with van der Waals surface area (Å²) in [7, 11) is -0.317. The highest BCUT2D eigenvalue weighted by atomic mass is 32.2. The lowest BCUT2D eigenvalue weighted by Gasteiger charge is -2.23. The standard InChI is InChI=1S/C18H27N3O5S/c1-20(2)27(23,24)13-15-11-25-12-16(15)19-18(22)10-21-7-8-26-17-6-4-3-5-14(17)9-21/h3-6,15-16H,7-13H2,1-2H3,(H,19,22)/t15-,16+/m0/s1. The highest BCUT2D eigenvalue weighted by Gasteiger charge is 2.34. The predicted octanol–water partition coefficient (Wildman–Crippen LogP) is -0.0964. The van der Waals surface area contributed by atoms with Crippen LogP contribution in [0.3, 0.4) is 0 Å². The van der Waals surface area contributed by atoms with E-state index in [0.29, 0.717) is 32.9 Å². The minimum absolute atomic E-state index is 0.0319. The first-order chi connectivity index (χ1) is 12.8. The average Bonchev–Trinajstić information content (AvgIpc) is 2.91. The van der Waals surface area contributed by atoms with Crippen molar-refractivity contribution in [1.29, 1.82) is 0 Å². The number of hydrogen-bond donors (Lipinski definition) is 1. The van der Waals surface area contributed by atoms with Gasteiger partial charge in [0, 0.05) is 38.7 Å². The van der Waals surface area contributed by atoms with Crippen LogP contribution < -0.4 is 10.1 Å². The Hall–Kier alpha value is -1.68. The van der Waals surface area contributed by atoms with Gasteiger partial charge in [-0.3, -0.25) is 9.69 Å². The van der Waals surface area contributed by atoms with Crippen LogP contribution in [0.2, 0.25) is 0 Å². The van der Waals surface area contributed by atoms with Crippen LogP contribution in [0.1, 0.15) is 5.56 Å². The Kier molecular flexibility index (Phi) is 6.36. The minimum atomic E-state index is -3.34. The Labute approximate surface area is 160 Å². The third kappa shape index (κ3) is 5.19. The molecule has 1 amide bonds. The van der Waals surface area contributed by atoms with Crippen molar-refractivity contribution in [3.05, 3.63) is 29.8 Å². The molecule has 1 saturated heterocycles. The Bertz CT molecular complexity index is 768. The third-order valence-electron chi connectivity index (χ3n) is 4.92. The Morgan fingerprint density at radius 2 is 2.07 bits per heavy atom. The van der Waals surface area contributed by atoms with Crippen molar-refractivity contribution in [3.63, 3.8) is 0 Å². The third-order valence-corrected chi connectivity index (χ3v) is 6.89. The lowest BCUT2D eigenvalue weighted by atomic mass is 10.1. The lowest BCUT2D eigenvalue weighted by molar-refractivity contribution is -0.123. The molecule has 0 bridgehead atoms. The summed E-state index contributed by atoms with van der Waals surface area (Å²) in [6.45, 7) is 2.74. The maximum absolute atomic E-state index is 12.5. The number of fused-ring (bicyclic) bond motifs is 1. The molecule has 27 heavy (non-hydrogen) atoms. The van der Waals surface area contributed by atoms with Crippen molar-refractivity contribution < 1.29 is 22.7 Å². The number of rotatable bonds is 6. The molecular weight excluding hydrogens is 370 g/mol. The van der Waals surface area contributed by atoms with Crippen LogP contribution in [0.15, 0.2) is 24.3 Å². The van der Waals surface area contributed by atoms with E-state index in [-0.39, 0.29) is 30.2 Å². The van der Waals surface area contributed by atoms with Crippen LogP contribution in [-0.2, 0) is 26.1 Å². The number of para-hydroxylation sites is 1. The summed E-state index contributed by atoms with van der Waals surface area (Å²) in [6, 6.07) is 7.53. The molecule has 150 valence electrons. The predicted molar refractivity (Wildman–Crippen MR) is 101 cm³/mol. The highest BCUT2D eigenvalue weighted by molar-refractivity contribution is 7.89. The summed E-state index contributed by atoms with van der Waals surface area (Å²) in [5.41, 5.74) is 1.06. The SMILES string of the molecule is CN(C)S(=O)(=O)C[C@@H]1COC[C@H]1NC(=O)CN1CCOc2ccccc2C1. The van der Waals surface area contributed by atoms with Gasteiger partial charge in [0.15, 0.2) is 0 Å². The Morgan fingerprint density at radius 1 is 1.30 bits per heavy atom. The number of hydrogen-bond acceptors (Lipinski definition) is 6. The first-order valence-electron chi connectivity index (χ1n) is 9.05. The number of carbonyl (C=O) groups excluding carboxylic acids is 1. The van der Waals surface area contributed by atoms with Crippen LogP contribution in [-0.4, -0.2) is 82.3 Å². The number of nitrogens with zero attached hydrogens (tertiary/aromatic N) is 2. The zero-order chi connectivity index (χ0) is 19.4. The Morgan fingerprint density at radius 3 is 2.85 bits per heavy atom. The van der Waals surface area contributed by atoms with E-state index in [9.17, 15) is 13.2 Å². The molecule has 0 radical (unpaired) electrons. The van der Waals surface area contributed by atoms with Gasteiger partial charge in [-0.05, 0) is 6.07 Å². The van der Waals surface area contributed by atoms with Gasteiger partial charge >= 0.3 is 0 Å². The fraction of sp³-hybridized carbons (Fsp3) is 0.611. The van der Waals surface area contributed by atoms with E-state index in [1.807, 2.05) is 29.2 Å². The molecule has 0 saturated carbocycles. The molecule has 2 atom stereocenters. The number of nitrogens with one attached hydrogen (secondary N) is 1. The molecule has 1 aromatic rings. The molecule has 0 unspecified atom stereocenters. The lowest BCUT2D eigenvalue weighted by Crippen LogP contribution is -2.47. The number of carbonyl (C=O) groups is 1. The number of ether oxygens (including phenoxy) is 2. The molecule has 0 spiro atoms. The van der Waals surface area contributed by atoms with Gasteiger partial charge in [-0.25, -0.2) is 12.7 Å². The van der Waals surface area contributed by atoms with Crippen LogP contribution in [0.5, 0.6) is 5.75 Å². The van der Waals surface area contributed by atoms with Gasteiger partial charge in [-0.1, -0.05) is 18.2 Å². The second-order valence-electron chi connectivity index (χ2n) is 7.20. The van der Waals surface area contributed by atoms with Crippen LogP contribution in [0, 0.1) is 5.92 Å². The van der Waals surface area contributed by atoms with Crippen molar-refractivity contribution in [2.75, 3.05) is 52.8 Å². The topological polar surface area (TPSA) is 88.2 Å². The molecule has 1 N–H and O–H groups in total. The van der Waals surface area contributed by atoms with Gasteiger partial charge in [-0.15, -0.1) is 0 Å². The molecule has 3 rings (SSSR count). The largest absolute Gasteiger partial charge is 0.492 e. The van der Waals surface area contributed by atoms with Crippen LogP contribution >= 0.6 is 0 Å². The second kappa shape index (κ2) is 8.55. The van der Waals surface area contributed by atoms with Crippen LogP contribution in [0.4, 0.5) is 0 Å². The van der Waals surface area contributed by atoms with Gasteiger partial charge in [0.1, 0.15) is 12.4 Å². The minimum Gasteiger partial charge on any atom is -0.492 e. The van der Waals surface area contributed by atoms with Gasteiger partial charge in [0.25, 0.3) is 0 Å². The first-order valence-corrected chi connectivity index (χ1v) is 10.7. The van der Waals surface area contributed by atoms with Crippen molar-refractivity contribution in [2.45, 2.75) is 12.6 Å². The molecule has 0 aliphatic carbocycles. The van der Waals surface area contributed by atoms with E-state index in [4.69, 9.17) is 9.47 Å². The van der Waals surface area contributed by atoms with Gasteiger partial charge in [0.2, 0.25) is 15.9 Å². The maximum Gasteiger partial charge on any atom is 0.234 e. The summed E-state index contributed by atoms with van der Waals surface area (Å²) in [5, 5.41) is 2.95. The summed E-state index contributed by atoms with van der Waals surface area (Å²) in [6.07, 6.45) is 0. The smallest absolute Gasteiger partial charge is 0.234 e. The summed E-state index contributed by atoms with van der Waals surface area (Å²) in [5.74, 6) is 0.459. The van der Waals surface area contributed by atoms with Crippen molar-refractivity contribution in [1.82, 2.24) is 14.5 Å².